The maximum absolute atomic E-state index is 10.7. The molecular formula is C13H11ClN2O3. The van der Waals surface area contributed by atoms with Gasteiger partial charge in [0.05, 0.1) is 16.0 Å². The highest BCUT2D eigenvalue weighted by Crippen LogP contribution is 2.33. The van der Waals surface area contributed by atoms with E-state index in [0.717, 1.165) is 5.56 Å². The van der Waals surface area contributed by atoms with Gasteiger partial charge in [0.2, 0.25) is 0 Å². The molecule has 0 amide bonds. The zero-order valence-corrected chi connectivity index (χ0v) is 10.6. The van der Waals surface area contributed by atoms with Crippen molar-refractivity contribution in [3.63, 3.8) is 0 Å². The van der Waals surface area contributed by atoms with Gasteiger partial charge in [0.15, 0.2) is 0 Å². The number of rotatable bonds is 4. The monoisotopic (exact) mass is 278 g/mol. The molecule has 98 valence electrons. The predicted octanol–water partition coefficient (Wildman–Crippen LogP) is 3.50. The molecule has 2 aromatic rings. The van der Waals surface area contributed by atoms with Crippen molar-refractivity contribution >= 4 is 17.3 Å². The molecule has 0 aliphatic carbocycles. The van der Waals surface area contributed by atoms with Gasteiger partial charge in [0.1, 0.15) is 11.5 Å². The molecule has 0 atom stereocenters. The first-order valence-corrected chi connectivity index (χ1v) is 5.89. The molecule has 0 spiro atoms. The van der Waals surface area contributed by atoms with Crippen molar-refractivity contribution in [1.29, 1.82) is 0 Å². The van der Waals surface area contributed by atoms with Gasteiger partial charge in [0.25, 0.3) is 5.69 Å². The Bertz CT molecular complexity index is 617. The number of benzene rings is 2. The van der Waals surface area contributed by atoms with E-state index in [-0.39, 0.29) is 12.2 Å². The third-order valence-electron chi connectivity index (χ3n) is 2.52. The van der Waals surface area contributed by atoms with Crippen molar-refractivity contribution in [2.45, 2.75) is 6.54 Å². The standard InChI is InChI=1S/C13H11ClN2O3/c14-12-6-1-3-9(8-15)13(12)19-11-5-2-4-10(7-11)16(17)18/h1-7H,8,15H2. The Hall–Kier alpha value is -2.11. The van der Waals surface area contributed by atoms with Crippen LogP contribution in [0, 0.1) is 10.1 Å². The van der Waals surface area contributed by atoms with E-state index in [0.29, 0.717) is 16.5 Å². The number of hydrogen-bond acceptors (Lipinski definition) is 4. The second-order valence-corrected chi connectivity index (χ2v) is 4.20. The summed E-state index contributed by atoms with van der Waals surface area (Å²) in [5.41, 5.74) is 6.30. The van der Waals surface area contributed by atoms with E-state index in [2.05, 4.69) is 0 Å². The van der Waals surface area contributed by atoms with Crippen LogP contribution in [0.5, 0.6) is 11.5 Å². The number of ether oxygens (including phenoxy) is 1. The summed E-state index contributed by atoms with van der Waals surface area (Å²) in [5.74, 6) is 0.768. The van der Waals surface area contributed by atoms with Crippen LogP contribution in [0.15, 0.2) is 42.5 Å². The minimum absolute atomic E-state index is 0.0427. The number of nitrogens with zero attached hydrogens (tertiary/aromatic N) is 1. The summed E-state index contributed by atoms with van der Waals surface area (Å²) in [6.07, 6.45) is 0. The highest BCUT2D eigenvalue weighted by Gasteiger charge is 2.11. The summed E-state index contributed by atoms with van der Waals surface area (Å²) in [5, 5.41) is 11.1. The molecule has 0 aromatic heterocycles. The highest BCUT2D eigenvalue weighted by molar-refractivity contribution is 6.32. The van der Waals surface area contributed by atoms with Gasteiger partial charge in [-0.3, -0.25) is 10.1 Å². The van der Waals surface area contributed by atoms with Crippen LogP contribution in [-0.2, 0) is 6.54 Å². The normalized spacial score (nSPS) is 10.2. The second kappa shape index (κ2) is 5.69. The van der Waals surface area contributed by atoms with Crippen molar-refractivity contribution in [2.75, 3.05) is 0 Å². The average Bonchev–Trinajstić information content (AvgIpc) is 2.41. The molecule has 2 rings (SSSR count). The maximum atomic E-state index is 10.7. The molecule has 2 aromatic carbocycles. The highest BCUT2D eigenvalue weighted by atomic mass is 35.5. The van der Waals surface area contributed by atoms with Crippen molar-refractivity contribution in [2.24, 2.45) is 5.73 Å². The molecule has 0 fully saturated rings. The number of hydrogen-bond donors (Lipinski definition) is 1. The first-order valence-electron chi connectivity index (χ1n) is 5.51. The van der Waals surface area contributed by atoms with Crippen LogP contribution >= 0.6 is 11.6 Å². The van der Waals surface area contributed by atoms with Gasteiger partial charge in [-0.05, 0) is 12.1 Å². The van der Waals surface area contributed by atoms with Gasteiger partial charge in [-0.2, -0.15) is 0 Å². The molecule has 0 aliphatic rings. The molecule has 19 heavy (non-hydrogen) atoms. The van der Waals surface area contributed by atoms with E-state index < -0.39 is 4.92 Å². The minimum atomic E-state index is -0.483. The Balaban J connectivity index is 2.36. The Labute approximate surface area is 114 Å². The van der Waals surface area contributed by atoms with Gasteiger partial charge < -0.3 is 10.5 Å². The summed E-state index contributed by atoms with van der Waals surface area (Å²) in [4.78, 5) is 10.2. The van der Waals surface area contributed by atoms with Gasteiger partial charge >= 0.3 is 0 Å². The Morgan fingerprint density at radius 2 is 2.00 bits per heavy atom. The molecule has 0 bridgehead atoms. The summed E-state index contributed by atoms with van der Waals surface area (Å²) in [6, 6.07) is 11.1. The van der Waals surface area contributed by atoms with Gasteiger partial charge in [0, 0.05) is 18.2 Å². The lowest BCUT2D eigenvalue weighted by atomic mass is 10.2. The molecule has 0 unspecified atom stereocenters. The number of non-ortho nitro benzene ring substituents is 1. The molecule has 0 saturated heterocycles. The first-order chi connectivity index (χ1) is 9.11. The fourth-order valence-electron chi connectivity index (χ4n) is 1.61. The Morgan fingerprint density at radius 1 is 1.26 bits per heavy atom. The van der Waals surface area contributed by atoms with Crippen LogP contribution in [0.25, 0.3) is 0 Å². The number of halogens is 1. The van der Waals surface area contributed by atoms with E-state index in [1.807, 2.05) is 0 Å². The van der Waals surface area contributed by atoms with Crippen molar-refractivity contribution < 1.29 is 9.66 Å². The van der Waals surface area contributed by atoms with Crippen molar-refractivity contribution in [3.8, 4) is 11.5 Å². The Kier molecular flexibility index (Phi) is 3.99. The van der Waals surface area contributed by atoms with Crippen LogP contribution in [0.4, 0.5) is 5.69 Å². The fraction of sp³-hybridized carbons (Fsp3) is 0.0769. The zero-order valence-electron chi connectivity index (χ0n) is 9.88. The van der Waals surface area contributed by atoms with Gasteiger partial charge in [-0.15, -0.1) is 0 Å². The molecule has 5 nitrogen and oxygen atoms in total. The summed E-state index contributed by atoms with van der Waals surface area (Å²) < 4.78 is 5.61. The number of nitrogens with two attached hydrogens (primary N) is 1. The fourth-order valence-corrected chi connectivity index (χ4v) is 1.84. The van der Waals surface area contributed by atoms with Crippen LogP contribution in [0.2, 0.25) is 5.02 Å². The predicted molar refractivity (Wildman–Crippen MR) is 72.5 cm³/mol. The third kappa shape index (κ3) is 3.01. The molecule has 2 N–H and O–H groups in total. The largest absolute Gasteiger partial charge is 0.455 e. The van der Waals surface area contributed by atoms with E-state index in [1.165, 1.54) is 12.1 Å². The van der Waals surface area contributed by atoms with Gasteiger partial charge in [-0.1, -0.05) is 29.8 Å². The molecule has 6 heteroatoms. The van der Waals surface area contributed by atoms with Crippen molar-refractivity contribution in [1.82, 2.24) is 0 Å². The average molecular weight is 279 g/mol. The first kappa shape index (κ1) is 13.3. The quantitative estimate of drug-likeness (QED) is 0.686. The summed E-state index contributed by atoms with van der Waals surface area (Å²) in [7, 11) is 0. The van der Waals surface area contributed by atoms with Crippen LogP contribution < -0.4 is 10.5 Å². The van der Waals surface area contributed by atoms with E-state index >= 15 is 0 Å². The van der Waals surface area contributed by atoms with E-state index in [1.54, 1.807) is 30.3 Å². The molecule has 0 saturated carbocycles. The zero-order chi connectivity index (χ0) is 13.8. The second-order valence-electron chi connectivity index (χ2n) is 3.79. The van der Waals surface area contributed by atoms with E-state index in [4.69, 9.17) is 22.1 Å². The smallest absolute Gasteiger partial charge is 0.273 e. The third-order valence-corrected chi connectivity index (χ3v) is 2.81. The van der Waals surface area contributed by atoms with Crippen LogP contribution in [0.1, 0.15) is 5.56 Å². The number of para-hydroxylation sites is 1. The summed E-state index contributed by atoms with van der Waals surface area (Å²) in [6.45, 7) is 0.269. The lowest BCUT2D eigenvalue weighted by Gasteiger charge is -2.11. The Morgan fingerprint density at radius 3 is 2.68 bits per heavy atom. The number of nitro benzene ring substituents is 1. The van der Waals surface area contributed by atoms with E-state index in [9.17, 15) is 10.1 Å². The molecule has 0 heterocycles. The minimum Gasteiger partial charge on any atom is -0.455 e. The van der Waals surface area contributed by atoms with Gasteiger partial charge in [-0.25, -0.2) is 0 Å². The SMILES string of the molecule is NCc1cccc(Cl)c1Oc1cccc([N+](=O)[O-])c1. The lowest BCUT2D eigenvalue weighted by molar-refractivity contribution is -0.384. The lowest BCUT2D eigenvalue weighted by Crippen LogP contribution is -2.00. The molecule has 0 aliphatic heterocycles. The molecule has 0 radical (unpaired) electrons. The molecular weight excluding hydrogens is 268 g/mol. The van der Waals surface area contributed by atoms with Crippen LogP contribution in [-0.4, -0.2) is 4.92 Å². The van der Waals surface area contributed by atoms with Crippen molar-refractivity contribution in [3.05, 3.63) is 63.2 Å². The van der Waals surface area contributed by atoms with Crippen LogP contribution in [0.3, 0.4) is 0 Å². The maximum Gasteiger partial charge on any atom is 0.273 e. The number of nitro groups is 1. The topological polar surface area (TPSA) is 78.4 Å². The summed E-state index contributed by atoms with van der Waals surface area (Å²) >= 11 is 6.05.